The lowest BCUT2D eigenvalue weighted by atomic mass is 9.91. The van der Waals surface area contributed by atoms with Gasteiger partial charge in [-0.3, -0.25) is 0 Å². The third-order valence-corrected chi connectivity index (χ3v) is 3.69. The summed E-state index contributed by atoms with van der Waals surface area (Å²) in [6.07, 6.45) is 8.73. The highest BCUT2D eigenvalue weighted by Gasteiger charge is 2.13. The van der Waals surface area contributed by atoms with E-state index >= 15 is 0 Å². The number of benzene rings is 1. The van der Waals surface area contributed by atoms with Gasteiger partial charge in [0, 0.05) is 11.1 Å². The van der Waals surface area contributed by atoms with Gasteiger partial charge in [-0.15, -0.1) is 0 Å². The molecule has 0 amide bonds. The molecule has 0 aliphatic heterocycles. The lowest BCUT2D eigenvalue weighted by Crippen LogP contribution is -2.17. The first-order chi connectivity index (χ1) is 8.29. The van der Waals surface area contributed by atoms with E-state index in [2.05, 4.69) is 23.5 Å². The average molecular weight is 250 g/mol. The molecule has 1 atom stereocenters. The fraction of sp³-hybridized carbons (Fsp3) is 0.467. The van der Waals surface area contributed by atoms with Gasteiger partial charge < -0.3 is 5.32 Å². The first-order valence-electron chi connectivity index (χ1n) is 6.40. The molecule has 1 aromatic carbocycles. The number of halogens is 1. The van der Waals surface area contributed by atoms with E-state index in [4.69, 9.17) is 11.6 Å². The van der Waals surface area contributed by atoms with Crippen molar-refractivity contribution in [3.05, 3.63) is 46.5 Å². The molecule has 2 rings (SSSR count). The van der Waals surface area contributed by atoms with Gasteiger partial charge in [0.15, 0.2) is 0 Å². The maximum atomic E-state index is 6.05. The third kappa shape index (κ3) is 3.58. The molecule has 0 fully saturated rings. The fourth-order valence-corrected chi connectivity index (χ4v) is 2.66. The molecule has 0 saturated carbocycles. The maximum absolute atomic E-state index is 6.05. The maximum Gasteiger partial charge on any atom is 0.0409 e. The van der Waals surface area contributed by atoms with Crippen molar-refractivity contribution < 1.29 is 0 Å². The Bertz CT molecular complexity index is 398. The van der Waals surface area contributed by atoms with Gasteiger partial charge >= 0.3 is 0 Å². The zero-order valence-corrected chi connectivity index (χ0v) is 11.1. The van der Waals surface area contributed by atoms with E-state index in [1.54, 1.807) is 5.57 Å². The average Bonchev–Trinajstić information content (AvgIpc) is 2.37. The van der Waals surface area contributed by atoms with Crippen LogP contribution in [0, 0.1) is 0 Å². The molecule has 1 aliphatic rings. The summed E-state index contributed by atoms with van der Waals surface area (Å²) in [7, 11) is 2.02. The molecule has 0 bridgehead atoms. The molecule has 1 unspecified atom stereocenters. The van der Waals surface area contributed by atoms with Crippen molar-refractivity contribution in [2.75, 3.05) is 7.05 Å². The van der Waals surface area contributed by atoms with E-state index in [-0.39, 0.29) is 0 Å². The highest BCUT2D eigenvalue weighted by molar-refractivity contribution is 6.30. The van der Waals surface area contributed by atoms with Crippen molar-refractivity contribution in [1.29, 1.82) is 0 Å². The molecular weight excluding hydrogens is 230 g/mol. The van der Waals surface area contributed by atoms with E-state index in [1.165, 1.54) is 31.2 Å². The topological polar surface area (TPSA) is 12.0 Å². The molecule has 0 heterocycles. The molecule has 17 heavy (non-hydrogen) atoms. The Hall–Kier alpha value is -0.790. The van der Waals surface area contributed by atoms with Gasteiger partial charge in [-0.05, 0) is 56.8 Å². The molecule has 1 nitrogen and oxygen atoms in total. The van der Waals surface area contributed by atoms with Gasteiger partial charge in [0.2, 0.25) is 0 Å². The predicted octanol–water partition coefficient (Wildman–Crippen LogP) is 4.49. The van der Waals surface area contributed by atoms with Gasteiger partial charge in [0.25, 0.3) is 0 Å². The predicted molar refractivity (Wildman–Crippen MR) is 74.4 cm³/mol. The second-order valence-corrected chi connectivity index (χ2v) is 5.14. The molecule has 0 aromatic heterocycles. The number of hydrogen-bond acceptors (Lipinski definition) is 1. The highest BCUT2D eigenvalue weighted by Crippen LogP contribution is 2.28. The first kappa shape index (κ1) is 12.7. The summed E-state index contributed by atoms with van der Waals surface area (Å²) < 4.78 is 0. The van der Waals surface area contributed by atoms with Crippen LogP contribution in [0.3, 0.4) is 0 Å². The Balaban J connectivity index is 2.08. The summed E-state index contributed by atoms with van der Waals surface area (Å²) in [5.41, 5.74) is 2.88. The Morgan fingerprint density at radius 1 is 1.35 bits per heavy atom. The van der Waals surface area contributed by atoms with Crippen molar-refractivity contribution in [2.45, 2.75) is 38.1 Å². The Morgan fingerprint density at radius 2 is 2.24 bits per heavy atom. The summed E-state index contributed by atoms with van der Waals surface area (Å²) in [5, 5.41) is 4.21. The van der Waals surface area contributed by atoms with E-state index in [9.17, 15) is 0 Å². The SMILES string of the molecule is CNC(CC1=CCCCC1)c1cccc(Cl)c1. The fourth-order valence-electron chi connectivity index (χ4n) is 2.46. The van der Waals surface area contributed by atoms with Crippen LogP contribution in [0.5, 0.6) is 0 Å². The molecule has 0 spiro atoms. The van der Waals surface area contributed by atoms with Crippen molar-refractivity contribution in [1.82, 2.24) is 5.32 Å². The zero-order chi connectivity index (χ0) is 12.1. The minimum atomic E-state index is 0.387. The standard InChI is InChI=1S/C15H20ClN/c1-17-15(10-12-6-3-2-4-7-12)13-8-5-9-14(16)11-13/h5-6,8-9,11,15,17H,2-4,7,10H2,1H3. The van der Waals surface area contributed by atoms with E-state index in [0.717, 1.165) is 11.4 Å². The number of rotatable bonds is 4. The van der Waals surface area contributed by atoms with Gasteiger partial charge in [0.05, 0.1) is 0 Å². The third-order valence-electron chi connectivity index (χ3n) is 3.45. The Kier molecular flexibility index (Phi) is 4.64. The van der Waals surface area contributed by atoms with Crippen molar-refractivity contribution in [2.24, 2.45) is 0 Å². The summed E-state index contributed by atoms with van der Waals surface area (Å²) >= 11 is 6.05. The largest absolute Gasteiger partial charge is 0.313 e. The normalized spacial score (nSPS) is 17.6. The van der Waals surface area contributed by atoms with Gasteiger partial charge in [-0.1, -0.05) is 35.4 Å². The second-order valence-electron chi connectivity index (χ2n) is 4.71. The molecule has 0 radical (unpaired) electrons. The van der Waals surface area contributed by atoms with Crippen LogP contribution in [0.25, 0.3) is 0 Å². The minimum Gasteiger partial charge on any atom is -0.313 e. The van der Waals surface area contributed by atoms with Crippen LogP contribution in [0.1, 0.15) is 43.7 Å². The lowest BCUT2D eigenvalue weighted by Gasteiger charge is -2.21. The van der Waals surface area contributed by atoms with Crippen LogP contribution in [0.2, 0.25) is 5.02 Å². The van der Waals surface area contributed by atoms with E-state index in [1.807, 2.05) is 19.2 Å². The molecule has 1 aliphatic carbocycles. The van der Waals surface area contributed by atoms with Crippen LogP contribution in [-0.4, -0.2) is 7.05 Å². The van der Waals surface area contributed by atoms with Gasteiger partial charge in [-0.25, -0.2) is 0 Å². The molecule has 1 aromatic rings. The van der Waals surface area contributed by atoms with Crippen molar-refractivity contribution in [3.8, 4) is 0 Å². The Morgan fingerprint density at radius 3 is 2.88 bits per heavy atom. The molecule has 2 heteroatoms. The Labute approximate surface area is 109 Å². The first-order valence-corrected chi connectivity index (χ1v) is 6.78. The molecule has 0 saturated heterocycles. The summed E-state index contributed by atoms with van der Waals surface area (Å²) in [4.78, 5) is 0. The highest BCUT2D eigenvalue weighted by atomic mass is 35.5. The molecule has 1 N–H and O–H groups in total. The summed E-state index contributed by atoms with van der Waals surface area (Å²) in [5.74, 6) is 0. The van der Waals surface area contributed by atoms with E-state index in [0.29, 0.717) is 6.04 Å². The van der Waals surface area contributed by atoms with Crippen molar-refractivity contribution in [3.63, 3.8) is 0 Å². The number of nitrogens with one attached hydrogen (secondary N) is 1. The number of hydrogen-bond donors (Lipinski definition) is 1. The van der Waals surface area contributed by atoms with Crippen LogP contribution in [0.4, 0.5) is 0 Å². The smallest absolute Gasteiger partial charge is 0.0409 e. The monoisotopic (exact) mass is 249 g/mol. The van der Waals surface area contributed by atoms with Crippen molar-refractivity contribution >= 4 is 11.6 Å². The lowest BCUT2D eigenvalue weighted by molar-refractivity contribution is 0.559. The zero-order valence-electron chi connectivity index (χ0n) is 10.4. The second kappa shape index (κ2) is 6.23. The van der Waals surface area contributed by atoms with Gasteiger partial charge in [0.1, 0.15) is 0 Å². The summed E-state index contributed by atoms with van der Waals surface area (Å²) in [6, 6.07) is 8.55. The van der Waals surface area contributed by atoms with E-state index < -0.39 is 0 Å². The quantitative estimate of drug-likeness (QED) is 0.776. The van der Waals surface area contributed by atoms with Crippen LogP contribution < -0.4 is 5.32 Å². The van der Waals surface area contributed by atoms with Crippen LogP contribution in [-0.2, 0) is 0 Å². The van der Waals surface area contributed by atoms with Crippen LogP contribution >= 0.6 is 11.6 Å². The minimum absolute atomic E-state index is 0.387. The molecule has 92 valence electrons. The molecular formula is C15H20ClN. The van der Waals surface area contributed by atoms with Crippen LogP contribution in [0.15, 0.2) is 35.9 Å². The summed E-state index contributed by atoms with van der Waals surface area (Å²) in [6.45, 7) is 0. The van der Waals surface area contributed by atoms with Gasteiger partial charge in [-0.2, -0.15) is 0 Å². The number of allylic oxidation sites excluding steroid dienone is 1.